The summed E-state index contributed by atoms with van der Waals surface area (Å²) in [6, 6.07) is 1.79. The van der Waals surface area contributed by atoms with Gasteiger partial charge in [-0.2, -0.15) is 0 Å². The Morgan fingerprint density at radius 2 is 1.92 bits per heavy atom. The van der Waals surface area contributed by atoms with E-state index in [0.29, 0.717) is 19.0 Å². The SMILES string of the molecule is CCNC(=O)C1(NC(=O)[C@H]2CCCN(c3ncccn3)C2)CCCCC1. The predicted octanol–water partition coefficient (Wildman–Crippen LogP) is 1.65. The minimum atomic E-state index is -0.739. The molecule has 1 aromatic heterocycles. The quantitative estimate of drug-likeness (QED) is 0.835. The van der Waals surface area contributed by atoms with Crippen LogP contribution in [0.2, 0.25) is 0 Å². The van der Waals surface area contributed by atoms with Gasteiger partial charge in [0.05, 0.1) is 5.92 Å². The van der Waals surface area contributed by atoms with E-state index in [1.165, 1.54) is 0 Å². The van der Waals surface area contributed by atoms with Crippen molar-refractivity contribution < 1.29 is 9.59 Å². The maximum absolute atomic E-state index is 13.0. The normalized spacial score (nSPS) is 22.5. The number of amides is 2. The van der Waals surface area contributed by atoms with Crippen LogP contribution in [-0.2, 0) is 9.59 Å². The molecule has 142 valence electrons. The molecule has 2 N–H and O–H groups in total. The van der Waals surface area contributed by atoms with Gasteiger partial charge < -0.3 is 15.5 Å². The zero-order valence-electron chi connectivity index (χ0n) is 15.5. The molecule has 2 fully saturated rings. The smallest absolute Gasteiger partial charge is 0.245 e. The molecule has 2 heterocycles. The minimum absolute atomic E-state index is 0.0150. The number of aromatic nitrogens is 2. The number of piperidine rings is 1. The van der Waals surface area contributed by atoms with Crippen LogP contribution in [0.15, 0.2) is 18.5 Å². The Balaban J connectivity index is 1.68. The lowest BCUT2D eigenvalue weighted by Crippen LogP contribution is -2.61. The number of likely N-dealkylation sites (N-methyl/N-ethyl adjacent to an activating group) is 1. The molecule has 0 spiro atoms. The topological polar surface area (TPSA) is 87.2 Å². The highest BCUT2D eigenvalue weighted by Crippen LogP contribution is 2.30. The maximum atomic E-state index is 13.0. The summed E-state index contributed by atoms with van der Waals surface area (Å²) in [5.74, 6) is 0.479. The van der Waals surface area contributed by atoms with Gasteiger partial charge in [-0.15, -0.1) is 0 Å². The van der Waals surface area contributed by atoms with Gasteiger partial charge in [-0.25, -0.2) is 9.97 Å². The van der Waals surface area contributed by atoms with Gasteiger partial charge in [-0.1, -0.05) is 19.3 Å². The van der Waals surface area contributed by atoms with Crippen LogP contribution in [0.25, 0.3) is 0 Å². The fourth-order valence-corrected chi connectivity index (χ4v) is 4.06. The molecule has 0 radical (unpaired) electrons. The van der Waals surface area contributed by atoms with Gasteiger partial charge in [-0.3, -0.25) is 9.59 Å². The van der Waals surface area contributed by atoms with E-state index in [1.807, 2.05) is 6.92 Å². The Kier molecular flexibility index (Phi) is 6.06. The van der Waals surface area contributed by atoms with E-state index in [2.05, 4.69) is 25.5 Å². The average molecular weight is 359 g/mol. The van der Waals surface area contributed by atoms with E-state index in [9.17, 15) is 9.59 Å². The molecule has 1 aromatic rings. The summed E-state index contributed by atoms with van der Waals surface area (Å²) in [4.78, 5) is 36.3. The summed E-state index contributed by atoms with van der Waals surface area (Å²) in [5, 5.41) is 6.06. The Morgan fingerprint density at radius 3 is 2.62 bits per heavy atom. The molecule has 0 unspecified atom stereocenters. The molecular formula is C19H29N5O2. The molecule has 0 aromatic carbocycles. The van der Waals surface area contributed by atoms with E-state index in [0.717, 1.165) is 51.5 Å². The second kappa shape index (κ2) is 8.47. The number of carbonyl (C=O) groups excluding carboxylic acids is 2. The summed E-state index contributed by atoms with van der Waals surface area (Å²) < 4.78 is 0. The molecule has 26 heavy (non-hydrogen) atoms. The highest BCUT2D eigenvalue weighted by atomic mass is 16.2. The van der Waals surface area contributed by atoms with Gasteiger partial charge in [0.2, 0.25) is 17.8 Å². The minimum Gasteiger partial charge on any atom is -0.354 e. The van der Waals surface area contributed by atoms with Crippen molar-refractivity contribution in [1.29, 1.82) is 0 Å². The summed E-state index contributed by atoms with van der Waals surface area (Å²) in [6.45, 7) is 3.95. The average Bonchev–Trinajstić information content (AvgIpc) is 2.69. The molecule has 2 amide bonds. The number of nitrogens with zero attached hydrogens (tertiary/aromatic N) is 3. The molecule has 3 rings (SSSR count). The Bertz CT molecular complexity index is 616. The maximum Gasteiger partial charge on any atom is 0.245 e. The van der Waals surface area contributed by atoms with Crippen molar-refractivity contribution in [3.63, 3.8) is 0 Å². The van der Waals surface area contributed by atoms with E-state index in [-0.39, 0.29) is 17.7 Å². The first-order chi connectivity index (χ1) is 12.6. The Labute approximate surface area is 155 Å². The molecule has 1 aliphatic carbocycles. The predicted molar refractivity (Wildman–Crippen MR) is 99.6 cm³/mol. The Hall–Kier alpha value is -2.18. The molecule has 1 saturated heterocycles. The molecular weight excluding hydrogens is 330 g/mol. The van der Waals surface area contributed by atoms with Gasteiger partial charge in [-0.05, 0) is 38.7 Å². The Morgan fingerprint density at radius 1 is 1.19 bits per heavy atom. The lowest BCUT2D eigenvalue weighted by molar-refractivity contribution is -0.137. The van der Waals surface area contributed by atoms with Gasteiger partial charge in [0.25, 0.3) is 0 Å². The molecule has 1 aliphatic heterocycles. The monoisotopic (exact) mass is 359 g/mol. The van der Waals surface area contributed by atoms with Crippen LogP contribution in [0.4, 0.5) is 5.95 Å². The van der Waals surface area contributed by atoms with Crippen molar-refractivity contribution in [1.82, 2.24) is 20.6 Å². The summed E-state index contributed by atoms with van der Waals surface area (Å²) >= 11 is 0. The van der Waals surface area contributed by atoms with E-state index >= 15 is 0 Å². The first kappa shape index (κ1) is 18.6. The first-order valence-electron chi connectivity index (χ1n) is 9.77. The van der Waals surface area contributed by atoms with Crippen molar-refractivity contribution >= 4 is 17.8 Å². The van der Waals surface area contributed by atoms with Gasteiger partial charge in [0.1, 0.15) is 5.54 Å². The van der Waals surface area contributed by atoms with E-state index < -0.39 is 5.54 Å². The number of nitrogens with one attached hydrogen (secondary N) is 2. The molecule has 0 bridgehead atoms. The first-order valence-corrected chi connectivity index (χ1v) is 9.77. The molecule has 1 saturated carbocycles. The van der Waals surface area contributed by atoms with Crippen molar-refractivity contribution in [3.05, 3.63) is 18.5 Å². The molecule has 7 heteroatoms. The highest BCUT2D eigenvalue weighted by molar-refractivity contribution is 5.92. The van der Waals surface area contributed by atoms with Crippen LogP contribution in [0.3, 0.4) is 0 Å². The van der Waals surface area contributed by atoms with Crippen LogP contribution in [0.1, 0.15) is 51.9 Å². The highest BCUT2D eigenvalue weighted by Gasteiger charge is 2.42. The third kappa shape index (κ3) is 4.14. The number of rotatable bonds is 5. The zero-order valence-corrected chi connectivity index (χ0v) is 15.5. The van der Waals surface area contributed by atoms with Gasteiger partial charge in [0.15, 0.2) is 0 Å². The van der Waals surface area contributed by atoms with Crippen LogP contribution in [-0.4, -0.2) is 47.0 Å². The number of hydrogen-bond donors (Lipinski definition) is 2. The number of carbonyl (C=O) groups is 2. The van der Waals surface area contributed by atoms with Crippen LogP contribution >= 0.6 is 0 Å². The standard InChI is InChI=1S/C19H29N5O2/c1-2-20-17(26)19(9-4-3-5-10-19)23-16(25)15-8-6-13-24(14-15)18-21-11-7-12-22-18/h7,11-12,15H,2-6,8-10,13-14H2,1H3,(H,20,26)(H,23,25)/t15-/m0/s1. The van der Waals surface area contributed by atoms with Crippen molar-refractivity contribution in [3.8, 4) is 0 Å². The van der Waals surface area contributed by atoms with Crippen LogP contribution < -0.4 is 15.5 Å². The van der Waals surface area contributed by atoms with Crippen LogP contribution in [0, 0.1) is 5.92 Å². The summed E-state index contributed by atoms with van der Waals surface area (Å²) in [7, 11) is 0. The van der Waals surface area contributed by atoms with Crippen molar-refractivity contribution in [2.45, 2.75) is 57.4 Å². The van der Waals surface area contributed by atoms with Crippen molar-refractivity contribution in [2.75, 3.05) is 24.5 Å². The summed E-state index contributed by atoms with van der Waals surface area (Å²) in [5.41, 5.74) is -0.739. The fourth-order valence-electron chi connectivity index (χ4n) is 4.06. The summed E-state index contributed by atoms with van der Waals surface area (Å²) in [6.07, 6.45) is 9.73. The van der Waals surface area contributed by atoms with Gasteiger partial charge in [0, 0.05) is 32.0 Å². The fraction of sp³-hybridized carbons (Fsp3) is 0.684. The van der Waals surface area contributed by atoms with E-state index in [1.54, 1.807) is 18.5 Å². The number of hydrogen-bond acceptors (Lipinski definition) is 5. The van der Waals surface area contributed by atoms with Crippen molar-refractivity contribution in [2.24, 2.45) is 5.92 Å². The second-order valence-corrected chi connectivity index (χ2v) is 7.33. The lowest BCUT2D eigenvalue weighted by Gasteiger charge is -2.39. The third-order valence-electron chi connectivity index (χ3n) is 5.47. The lowest BCUT2D eigenvalue weighted by atomic mass is 9.80. The van der Waals surface area contributed by atoms with E-state index in [4.69, 9.17) is 0 Å². The van der Waals surface area contributed by atoms with Gasteiger partial charge >= 0.3 is 0 Å². The molecule has 1 atom stereocenters. The molecule has 2 aliphatic rings. The zero-order chi connectivity index (χ0) is 18.4. The molecule has 7 nitrogen and oxygen atoms in total. The largest absolute Gasteiger partial charge is 0.354 e. The number of anilines is 1. The second-order valence-electron chi connectivity index (χ2n) is 7.33. The van der Waals surface area contributed by atoms with Crippen LogP contribution in [0.5, 0.6) is 0 Å². The third-order valence-corrected chi connectivity index (χ3v) is 5.47.